The van der Waals surface area contributed by atoms with Gasteiger partial charge >= 0.3 is 6.18 Å². The van der Waals surface area contributed by atoms with Crippen molar-refractivity contribution in [3.05, 3.63) is 46.7 Å². The van der Waals surface area contributed by atoms with Crippen LogP contribution in [0.2, 0.25) is 5.02 Å². The fourth-order valence-electron chi connectivity index (χ4n) is 2.40. The molecule has 2 aromatic rings. The summed E-state index contributed by atoms with van der Waals surface area (Å²) in [6.07, 6.45) is -3.97. The molecular weight excluding hydrogens is 369 g/mol. The van der Waals surface area contributed by atoms with Crippen LogP contribution >= 0.6 is 11.6 Å². The number of hydrogen-bond acceptors (Lipinski definition) is 3. The lowest BCUT2D eigenvalue weighted by Crippen LogP contribution is -2.31. The molecule has 1 aromatic carbocycles. The van der Waals surface area contributed by atoms with Gasteiger partial charge in [0, 0.05) is 19.7 Å². The largest absolute Gasteiger partial charge is 0.435 e. The minimum Gasteiger partial charge on any atom is -0.340 e. The Balaban J connectivity index is 2.38. The third kappa shape index (κ3) is 4.76. The van der Waals surface area contributed by atoms with Gasteiger partial charge in [0.25, 0.3) is 5.91 Å². The number of carbonyl (C=O) groups excluding carboxylic acids is 1. The fraction of sp³-hybridized carbons (Fsp3) is 0.412. The second-order valence-corrected chi connectivity index (χ2v) is 6.57. The lowest BCUT2D eigenvalue weighted by atomic mass is 10.2. The first-order valence-electron chi connectivity index (χ1n) is 7.93. The molecule has 0 aliphatic carbocycles. The van der Waals surface area contributed by atoms with Gasteiger partial charge in [0.05, 0.1) is 10.7 Å². The molecule has 0 atom stereocenters. The summed E-state index contributed by atoms with van der Waals surface area (Å²) in [5, 5.41) is 3.78. The Hall–Kier alpha value is -2.06. The molecule has 1 amide bonds. The van der Waals surface area contributed by atoms with E-state index in [2.05, 4.69) is 5.10 Å². The Labute approximate surface area is 154 Å². The Morgan fingerprint density at radius 1 is 1.19 bits per heavy atom. The zero-order valence-electron chi connectivity index (χ0n) is 14.7. The minimum absolute atomic E-state index is 0.183. The number of nitrogens with zero attached hydrogens (tertiary/aromatic N) is 4. The van der Waals surface area contributed by atoms with E-state index >= 15 is 0 Å². The highest BCUT2D eigenvalue weighted by atomic mass is 35.5. The first-order chi connectivity index (χ1) is 12.1. The normalized spacial score (nSPS) is 11.8. The van der Waals surface area contributed by atoms with Gasteiger partial charge in [-0.1, -0.05) is 23.7 Å². The monoisotopic (exact) mass is 388 g/mol. The van der Waals surface area contributed by atoms with Gasteiger partial charge in [-0.15, -0.1) is 0 Å². The van der Waals surface area contributed by atoms with Gasteiger partial charge in [-0.2, -0.15) is 18.3 Å². The van der Waals surface area contributed by atoms with E-state index in [0.717, 1.165) is 17.3 Å². The smallest absolute Gasteiger partial charge is 0.340 e. The van der Waals surface area contributed by atoms with Crippen molar-refractivity contribution in [2.45, 2.75) is 12.6 Å². The lowest BCUT2D eigenvalue weighted by Gasteiger charge is -2.19. The summed E-state index contributed by atoms with van der Waals surface area (Å²) in [6.45, 7) is 1.17. The molecule has 1 heterocycles. The van der Waals surface area contributed by atoms with Crippen molar-refractivity contribution in [1.29, 1.82) is 0 Å². The molecule has 2 rings (SSSR count). The highest BCUT2D eigenvalue weighted by molar-refractivity contribution is 6.32. The van der Waals surface area contributed by atoms with E-state index in [0.29, 0.717) is 13.0 Å². The predicted molar refractivity (Wildman–Crippen MR) is 93.7 cm³/mol. The van der Waals surface area contributed by atoms with E-state index in [-0.39, 0.29) is 16.4 Å². The average Bonchev–Trinajstić information content (AvgIpc) is 2.99. The van der Waals surface area contributed by atoms with Crippen LogP contribution in [0.5, 0.6) is 0 Å². The summed E-state index contributed by atoms with van der Waals surface area (Å²) in [5.74, 6) is -0.549. The summed E-state index contributed by atoms with van der Waals surface area (Å²) in [5.41, 5.74) is -1.10. The average molecular weight is 389 g/mol. The van der Waals surface area contributed by atoms with Gasteiger partial charge < -0.3 is 9.80 Å². The van der Waals surface area contributed by atoms with Crippen LogP contribution < -0.4 is 0 Å². The Kier molecular flexibility index (Phi) is 6.30. The molecule has 0 aliphatic rings. The number of alkyl halides is 3. The summed E-state index contributed by atoms with van der Waals surface area (Å²) in [6, 6.07) is 7.06. The topological polar surface area (TPSA) is 41.4 Å². The highest BCUT2D eigenvalue weighted by Crippen LogP contribution is 2.31. The van der Waals surface area contributed by atoms with E-state index in [1.165, 1.54) is 17.0 Å². The lowest BCUT2D eigenvalue weighted by molar-refractivity contribution is -0.141. The maximum Gasteiger partial charge on any atom is 0.435 e. The van der Waals surface area contributed by atoms with Crippen LogP contribution in [-0.4, -0.2) is 59.7 Å². The van der Waals surface area contributed by atoms with Crippen LogP contribution in [-0.2, 0) is 6.18 Å². The summed E-state index contributed by atoms with van der Waals surface area (Å²) in [7, 11) is 5.36. The van der Waals surface area contributed by atoms with Gasteiger partial charge in [-0.25, -0.2) is 4.68 Å². The van der Waals surface area contributed by atoms with E-state index < -0.39 is 17.8 Å². The van der Waals surface area contributed by atoms with Crippen molar-refractivity contribution < 1.29 is 18.0 Å². The van der Waals surface area contributed by atoms with Crippen molar-refractivity contribution in [3.8, 4) is 5.69 Å². The van der Waals surface area contributed by atoms with Crippen LogP contribution in [0.15, 0.2) is 30.3 Å². The number of aromatic nitrogens is 2. The third-order valence-corrected chi connectivity index (χ3v) is 4.06. The highest BCUT2D eigenvalue weighted by Gasteiger charge is 2.36. The third-order valence-electron chi connectivity index (χ3n) is 3.75. The number of benzene rings is 1. The molecule has 0 aliphatic heterocycles. The molecule has 0 radical (unpaired) electrons. The Morgan fingerprint density at radius 3 is 2.42 bits per heavy atom. The number of para-hydroxylation sites is 1. The van der Waals surface area contributed by atoms with Crippen LogP contribution in [0.3, 0.4) is 0 Å². The van der Waals surface area contributed by atoms with Crippen molar-refractivity contribution >= 4 is 17.5 Å². The molecule has 0 bridgehead atoms. The van der Waals surface area contributed by atoms with Crippen LogP contribution in [0.4, 0.5) is 13.2 Å². The summed E-state index contributed by atoms with van der Waals surface area (Å²) >= 11 is 6.08. The van der Waals surface area contributed by atoms with Crippen molar-refractivity contribution in [3.63, 3.8) is 0 Å². The van der Waals surface area contributed by atoms with Crippen LogP contribution in [0, 0.1) is 0 Å². The van der Waals surface area contributed by atoms with Gasteiger partial charge in [0.2, 0.25) is 0 Å². The molecule has 0 fully saturated rings. The van der Waals surface area contributed by atoms with Gasteiger partial charge in [0.1, 0.15) is 5.69 Å². The molecule has 0 saturated carbocycles. The molecule has 9 heteroatoms. The number of hydrogen-bond donors (Lipinski definition) is 0. The maximum absolute atomic E-state index is 13.1. The molecule has 142 valence electrons. The second-order valence-electron chi connectivity index (χ2n) is 6.16. The second kappa shape index (κ2) is 8.09. The van der Waals surface area contributed by atoms with E-state index in [1.54, 1.807) is 19.2 Å². The zero-order valence-corrected chi connectivity index (χ0v) is 15.5. The fourth-order valence-corrected chi connectivity index (χ4v) is 2.62. The standard InChI is InChI=1S/C17H20ClF3N4O/c1-23(2)9-6-10-24(3)16(26)14-11-15(17(19,20)21)22-25(14)13-8-5-4-7-12(13)18/h4-5,7-8,11H,6,9-10H2,1-3H3. The van der Waals surface area contributed by atoms with E-state index in [1.807, 2.05) is 19.0 Å². The van der Waals surface area contributed by atoms with Gasteiger partial charge in [-0.3, -0.25) is 4.79 Å². The van der Waals surface area contributed by atoms with E-state index in [9.17, 15) is 18.0 Å². The SMILES string of the molecule is CN(C)CCCN(C)C(=O)c1cc(C(F)(F)F)nn1-c1ccccc1Cl. The number of halogens is 4. The van der Waals surface area contributed by atoms with Gasteiger partial charge in [0.15, 0.2) is 5.69 Å². The molecule has 0 unspecified atom stereocenters. The summed E-state index contributed by atoms with van der Waals surface area (Å²) < 4.78 is 40.3. The number of carbonyl (C=O) groups is 1. The quantitative estimate of drug-likeness (QED) is 0.759. The molecule has 0 spiro atoms. The molecule has 0 saturated heterocycles. The number of amides is 1. The molecule has 0 N–H and O–H groups in total. The van der Waals surface area contributed by atoms with E-state index in [4.69, 9.17) is 11.6 Å². The van der Waals surface area contributed by atoms with Crippen molar-refractivity contribution in [1.82, 2.24) is 19.6 Å². The molecule has 5 nitrogen and oxygen atoms in total. The van der Waals surface area contributed by atoms with Crippen molar-refractivity contribution in [2.75, 3.05) is 34.2 Å². The first kappa shape index (κ1) is 20.3. The first-order valence-corrected chi connectivity index (χ1v) is 8.31. The zero-order chi connectivity index (χ0) is 19.5. The molecular formula is C17H20ClF3N4O. The summed E-state index contributed by atoms with van der Waals surface area (Å²) in [4.78, 5) is 16.1. The molecule has 1 aromatic heterocycles. The van der Waals surface area contributed by atoms with Crippen LogP contribution in [0.1, 0.15) is 22.6 Å². The van der Waals surface area contributed by atoms with Gasteiger partial charge in [-0.05, 0) is 39.2 Å². The Morgan fingerprint density at radius 2 is 1.85 bits per heavy atom. The predicted octanol–water partition coefficient (Wildman–Crippen LogP) is 3.57. The minimum atomic E-state index is -4.66. The number of rotatable bonds is 6. The Bertz CT molecular complexity index is 774. The maximum atomic E-state index is 13.1. The van der Waals surface area contributed by atoms with Crippen LogP contribution in [0.25, 0.3) is 5.69 Å². The van der Waals surface area contributed by atoms with Crippen molar-refractivity contribution in [2.24, 2.45) is 0 Å². The molecule has 26 heavy (non-hydrogen) atoms.